The summed E-state index contributed by atoms with van der Waals surface area (Å²) < 4.78 is 0. The monoisotopic (exact) mass is 888 g/mol. The Morgan fingerprint density at radius 1 is 0.391 bits per heavy atom. The normalized spacial score (nSPS) is 17.5. The molecule has 0 aromatic heterocycles. The molecule has 4 aliphatic carbocycles. The maximum Gasteiger partial charge on any atom is 0.0493 e. The number of hydrogen-bond donors (Lipinski definition) is 0. The van der Waals surface area contributed by atoms with Gasteiger partial charge in [-0.05, 0) is 218 Å². The topological polar surface area (TPSA) is 6.48 Å². The summed E-state index contributed by atoms with van der Waals surface area (Å²) in [6.45, 7) is 4.83. The zero-order chi connectivity index (χ0) is 45.8. The number of aryl methyl sites for hydroxylation is 3. The van der Waals surface area contributed by atoms with E-state index >= 15 is 0 Å². The van der Waals surface area contributed by atoms with Gasteiger partial charge in [-0.25, -0.2) is 0 Å². The molecule has 69 heavy (non-hydrogen) atoms. The van der Waals surface area contributed by atoms with E-state index in [0.717, 1.165) is 64.2 Å². The molecule has 0 spiro atoms. The minimum atomic E-state index is -0.131. The van der Waals surface area contributed by atoms with E-state index < -0.39 is 0 Å². The highest BCUT2D eigenvalue weighted by Crippen LogP contribution is 2.53. The third-order valence-corrected chi connectivity index (χ3v) is 16.6. The lowest BCUT2D eigenvalue weighted by molar-refractivity contribution is 0.660. The molecule has 6 aliphatic rings. The van der Waals surface area contributed by atoms with E-state index in [4.69, 9.17) is 0 Å². The SMILES string of the molecule is CC1(C)c2ccccc2-c2ccc(-c3c4ccc(N5C6=C(CCC=C6)CCc6ccccc65)cc4c(-c4ccc5c(c4)CCC=C5)c4ccc(N5C6=C(CCC=C6)CCc6ccccc65)cc34)cc21. The van der Waals surface area contributed by atoms with Gasteiger partial charge in [0.05, 0.1) is 0 Å². The molecule has 0 radical (unpaired) electrons. The van der Waals surface area contributed by atoms with Crippen LogP contribution >= 0.6 is 0 Å². The van der Waals surface area contributed by atoms with Gasteiger partial charge in [-0.15, -0.1) is 0 Å². The van der Waals surface area contributed by atoms with Crippen LogP contribution in [-0.4, -0.2) is 0 Å². The minimum absolute atomic E-state index is 0.131. The number of para-hydroxylation sites is 2. The molecule has 0 bridgehead atoms. The van der Waals surface area contributed by atoms with Crippen molar-refractivity contribution in [2.45, 2.75) is 83.5 Å². The Labute approximate surface area is 407 Å². The van der Waals surface area contributed by atoms with E-state index in [-0.39, 0.29) is 5.41 Å². The first-order valence-electron chi connectivity index (χ1n) is 25.6. The Balaban J connectivity index is 1.09. The van der Waals surface area contributed by atoms with E-state index in [1.165, 1.54) is 122 Å². The summed E-state index contributed by atoms with van der Waals surface area (Å²) in [6, 6.07) is 56.9. The Bertz CT molecular complexity index is 3660. The molecule has 14 rings (SSSR count). The molecule has 2 heteroatoms. The molecular weight excluding hydrogens is 833 g/mol. The second kappa shape index (κ2) is 15.8. The Morgan fingerprint density at radius 2 is 0.928 bits per heavy atom. The van der Waals surface area contributed by atoms with Crippen LogP contribution < -0.4 is 9.80 Å². The maximum atomic E-state index is 2.59. The maximum absolute atomic E-state index is 2.59. The van der Waals surface area contributed by atoms with Crippen LogP contribution in [-0.2, 0) is 24.7 Å². The lowest BCUT2D eigenvalue weighted by Gasteiger charge is -2.31. The number of anilines is 4. The fourth-order valence-corrected chi connectivity index (χ4v) is 13.2. The highest BCUT2D eigenvalue weighted by molar-refractivity contribution is 6.23. The lowest BCUT2D eigenvalue weighted by Crippen LogP contribution is -2.18. The van der Waals surface area contributed by atoms with Crippen LogP contribution in [0.25, 0.3) is 61.0 Å². The quantitative estimate of drug-likeness (QED) is 0.163. The number of allylic oxidation sites excluding steroid dienone is 7. The summed E-state index contributed by atoms with van der Waals surface area (Å²) in [4.78, 5) is 5.19. The van der Waals surface area contributed by atoms with Crippen LogP contribution in [0.1, 0.15) is 92.2 Å². The molecule has 8 aromatic carbocycles. The third kappa shape index (κ3) is 6.38. The number of fused-ring (bicyclic) bond motifs is 8. The first-order chi connectivity index (χ1) is 34.0. The minimum Gasteiger partial charge on any atom is -0.310 e. The van der Waals surface area contributed by atoms with Crippen molar-refractivity contribution in [3.8, 4) is 33.4 Å². The van der Waals surface area contributed by atoms with Crippen molar-refractivity contribution in [2.24, 2.45) is 0 Å². The van der Waals surface area contributed by atoms with Crippen LogP contribution in [0.4, 0.5) is 22.7 Å². The van der Waals surface area contributed by atoms with Gasteiger partial charge in [-0.1, -0.05) is 141 Å². The van der Waals surface area contributed by atoms with E-state index in [1.54, 1.807) is 11.1 Å². The molecule has 0 N–H and O–H groups in total. The van der Waals surface area contributed by atoms with E-state index in [0.29, 0.717) is 0 Å². The summed E-state index contributed by atoms with van der Waals surface area (Å²) in [5.41, 5.74) is 27.0. The largest absolute Gasteiger partial charge is 0.310 e. The van der Waals surface area contributed by atoms with Crippen molar-refractivity contribution in [3.63, 3.8) is 0 Å². The molecule has 2 nitrogen and oxygen atoms in total. The van der Waals surface area contributed by atoms with Gasteiger partial charge in [0.25, 0.3) is 0 Å². The Hall–Kier alpha value is -7.42. The zero-order valence-corrected chi connectivity index (χ0v) is 39.8. The van der Waals surface area contributed by atoms with Crippen molar-refractivity contribution in [2.75, 3.05) is 9.80 Å². The van der Waals surface area contributed by atoms with Crippen LogP contribution in [0.5, 0.6) is 0 Å². The van der Waals surface area contributed by atoms with Crippen molar-refractivity contribution in [3.05, 3.63) is 232 Å². The highest BCUT2D eigenvalue weighted by Gasteiger charge is 2.36. The number of benzene rings is 8. The summed E-state index contributed by atoms with van der Waals surface area (Å²) in [5, 5.41) is 5.16. The fraction of sp³-hybridized carbons (Fsp3) is 0.194. The van der Waals surface area contributed by atoms with Gasteiger partial charge in [0.1, 0.15) is 0 Å². The summed E-state index contributed by atoms with van der Waals surface area (Å²) >= 11 is 0. The molecule has 0 unspecified atom stereocenters. The summed E-state index contributed by atoms with van der Waals surface area (Å²) in [6.07, 6.45) is 25.1. The first-order valence-corrected chi connectivity index (χ1v) is 25.6. The molecular formula is C67H56N2. The molecule has 0 saturated heterocycles. The van der Waals surface area contributed by atoms with Crippen LogP contribution in [0, 0.1) is 0 Å². The molecule has 2 aliphatic heterocycles. The van der Waals surface area contributed by atoms with Gasteiger partial charge >= 0.3 is 0 Å². The van der Waals surface area contributed by atoms with Crippen LogP contribution in [0.2, 0.25) is 0 Å². The molecule has 334 valence electrons. The molecule has 0 amide bonds. The number of rotatable bonds is 4. The van der Waals surface area contributed by atoms with E-state index in [2.05, 4.69) is 206 Å². The predicted molar refractivity (Wildman–Crippen MR) is 292 cm³/mol. The summed E-state index contributed by atoms with van der Waals surface area (Å²) in [5.74, 6) is 0. The van der Waals surface area contributed by atoms with Crippen molar-refractivity contribution >= 4 is 50.4 Å². The molecule has 0 saturated carbocycles. The molecule has 8 aromatic rings. The first kappa shape index (κ1) is 40.6. The van der Waals surface area contributed by atoms with Crippen molar-refractivity contribution in [1.29, 1.82) is 0 Å². The van der Waals surface area contributed by atoms with Crippen LogP contribution in [0.15, 0.2) is 199 Å². The second-order valence-corrected chi connectivity index (χ2v) is 20.8. The third-order valence-electron chi connectivity index (χ3n) is 16.6. The molecule has 0 fully saturated rings. The van der Waals surface area contributed by atoms with Crippen molar-refractivity contribution < 1.29 is 0 Å². The second-order valence-electron chi connectivity index (χ2n) is 20.8. The van der Waals surface area contributed by atoms with Gasteiger partial charge in [0.2, 0.25) is 0 Å². The van der Waals surface area contributed by atoms with Gasteiger partial charge in [-0.2, -0.15) is 0 Å². The average Bonchev–Trinajstić information content (AvgIpc) is 3.51. The predicted octanol–water partition coefficient (Wildman–Crippen LogP) is 18.0. The average molecular weight is 889 g/mol. The standard InChI is InChI=1S/C67H56N2/c1-67(2)59-22-10-9-21-53(59)54-36-33-50(40-60(54)67)66-56-38-35-51(68-61-23-11-5-16-44(61)28-29-45-17-6-12-24-62(45)68)41-57(56)65(49-32-27-43-15-3-4-20-48(43)39-49)55-37-34-52(42-58(55)66)69-63-25-13-7-18-46(63)30-31-47-19-8-14-26-64(47)69/h3,5,7,9-16,18,21-27,32-42H,4,6,8,17,19-20,28-31H2,1-2H3. The number of hydrogen-bond acceptors (Lipinski definition) is 2. The lowest BCUT2D eigenvalue weighted by atomic mass is 9.80. The molecule has 0 atom stereocenters. The Morgan fingerprint density at radius 3 is 1.58 bits per heavy atom. The summed E-state index contributed by atoms with van der Waals surface area (Å²) in [7, 11) is 0. The smallest absolute Gasteiger partial charge is 0.0493 e. The Kier molecular flexibility index (Phi) is 9.32. The van der Waals surface area contributed by atoms with E-state index in [1.807, 2.05) is 0 Å². The highest BCUT2D eigenvalue weighted by atomic mass is 15.2. The fourth-order valence-electron chi connectivity index (χ4n) is 13.2. The van der Waals surface area contributed by atoms with Gasteiger partial charge < -0.3 is 9.80 Å². The van der Waals surface area contributed by atoms with Crippen molar-refractivity contribution in [1.82, 2.24) is 0 Å². The van der Waals surface area contributed by atoms with Gasteiger partial charge in [0, 0.05) is 39.6 Å². The van der Waals surface area contributed by atoms with Gasteiger partial charge in [0.15, 0.2) is 0 Å². The van der Waals surface area contributed by atoms with Crippen LogP contribution in [0.3, 0.4) is 0 Å². The van der Waals surface area contributed by atoms with E-state index in [9.17, 15) is 0 Å². The number of nitrogens with zero attached hydrogens (tertiary/aromatic N) is 2. The zero-order valence-electron chi connectivity index (χ0n) is 39.8. The molecule has 2 heterocycles. The van der Waals surface area contributed by atoms with Gasteiger partial charge in [-0.3, -0.25) is 0 Å².